The van der Waals surface area contributed by atoms with E-state index in [-0.39, 0.29) is 24.2 Å². The molecule has 1 aliphatic heterocycles. The van der Waals surface area contributed by atoms with Crippen LogP contribution in [0.3, 0.4) is 0 Å². The summed E-state index contributed by atoms with van der Waals surface area (Å²) >= 11 is 7.50. The number of aromatic nitrogens is 2. The van der Waals surface area contributed by atoms with Gasteiger partial charge < -0.3 is 5.32 Å². The molecule has 0 spiro atoms. The normalized spacial score (nSPS) is 17.2. The molecular weight excluding hydrogens is 360 g/mol. The van der Waals surface area contributed by atoms with Crippen LogP contribution in [0.15, 0.2) is 18.2 Å². The number of carbonyl (C=O) groups excluding carboxylic acids is 2. The first-order valence-electron chi connectivity index (χ1n) is 8.14. The Balaban J connectivity index is 1.61. The van der Waals surface area contributed by atoms with Crippen LogP contribution in [0.25, 0.3) is 0 Å². The molecule has 1 aliphatic rings. The maximum Gasteiger partial charge on any atom is 0.229 e. The lowest BCUT2D eigenvalue weighted by molar-refractivity contribution is -0.126. The zero-order valence-electron chi connectivity index (χ0n) is 14.1. The van der Waals surface area contributed by atoms with Crippen molar-refractivity contribution >= 4 is 39.9 Å². The van der Waals surface area contributed by atoms with Gasteiger partial charge in [0, 0.05) is 24.5 Å². The van der Waals surface area contributed by atoms with Gasteiger partial charge in [-0.1, -0.05) is 42.0 Å². The zero-order valence-corrected chi connectivity index (χ0v) is 15.7. The lowest BCUT2D eigenvalue weighted by atomic mass is 10.1. The van der Waals surface area contributed by atoms with E-state index in [0.717, 1.165) is 22.6 Å². The van der Waals surface area contributed by atoms with E-state index in [1.54, 1.807) is 4.90 Å². The minimum Gasteiger partial charge on any atom is -0.352 e. The lowest BCUT2D eigenvalue weighted by Crippen LogP contribution is -2.32. The van der Waals surface area contributed by atoms with Crippen molar-refractivity contribution in [2.45, 2.75) is 33.2 Å². The second-order valence-corrected chi connectivity index (χ2v) is 7.43. The van der Waals surface area contributed by atoms with Gasteiger partial charge in [0.05, 0.1) is 5.92 Å². The monoisotopic (exact) mass is 378 g/mol. The van der Waals surface area contributed by atoms with Crippen LogP contribution in [0.4, 0.5) is 5.13 Å². The van der Waals surface area contributed by atoms with E-state index in [2.05, 4.69) is 15.5 Å². The number of nitrogens with zero attached hydrogens (tertiary/aromatic N) is 3. The molecule has 0 saturated carbocycles. The van der Waals surface area contributed by atoms with Gasteiger partial charge in [-0.15, -0.1) is 10.2 Å². The number of rotatable bonds is 5. The lowest BCUT2D eigenvalue weighted by Gasteiger charge is -2.13. The van der Waals surface area contributed by atoms with E-state index >= 15 is 0 Å². The number of halogens is 1. The highest BCUT2D eigenvalue weighted by Crippen LogP contribution is 2.28. The van der Waals surface area contributed by atoms with Gasteiger partial charge in [0.1, 0.15) is 5.01 Å². The molecule has 1 aromatic carbocycles. The molecule has 2 amide bonds. The van der Waals surface area contributed by atoms with Crippen LogP contribution in [0, 0.1) is 12.8 Å². The third kappa shape index (κ3) is 3.82. The molecule has 0 radical (unpaired) electrons. The van der Waals surface area contributed by atoms with Crippen molar-refractivity contribution in [2.75, 3.05) is 11.4 Å². The third-order valence-electron chi connectivity index (χ3n) is 4.32. The maximum atomic E-state index is 12.4. The fraction of sp³-hybridized carbons (Fsp3) is 0.412. The van der Waals surface area contributed by atoms with Crippen molar-refractivity contribution in [1.82, 2.24) is 15.5 Å². The summed E-state index contributed by atoms with van der Waals surface area (Å²) in [6, 6.07) is 5.61. The number of nitrogens with one attached hydrogen (secondary N) is 1. The first kappa shape index (κ1) is 17.8. The number of anilines is 1. The van der Waals surface area contributed by atoms with E-state index in [9.17, 15) is 9.59 Å². The average Bonchev–Trinajstić information content (AvgIpc) is 3.22. The molecule has 3 rings (SSSR count). The van der Waals surface area contributed by atoms with E-state index in [0.29, 0.717) is 23.2 Å². The van der Waals surface area contributed by atoms with Crippen molar-refractivity contribution in [1.29, 1.82) is 0 Å². The summed E-state index contributed by atoms with van der Waals surface area (Å²) in [5.41, 5.74) is 1.92. The summed E-state index contributed by atoms with van der Waals surface area (Å²) < 4.78 is 0. The van der Waals surface area contributed by atoms with E-state index in [4.69, 9.17) is 11.6 Å². The SMILES string of the molecule is CCc1nnc(N2CC(C(=O)NCc3cccc(Cl)c3C)CC2=O)s1. The molecule has 1 fully saturated rings. The van der Waals surface area contributed by atoms with Crippen molar-refractivity contribution in [2.24, 2.45) is 5.92 Å². The maximum absolute atomic E-state index is 12.4. The number of carbonyl (C=O) groups is 2. The summed E-state index contributed by atoms with van der Waals surface area (Å²) in [6.45, 7) is 4.65. The molecule has 0 bridgehead atoms. The smallest absolute Gasteiger partial charge is 0.229 e. The number of hydrogen-bond donors (Lipinski definition) is 1. The fourth-order valence-electron chi connectivity index (χ4n) is 2.74. The molecule has 0 aliphatic carbocycles. The summed E-state index contributed by atoms with van der Waals surface area (Å²) in [6.07, 6.45) is 0.976. The molecule has 1 unspecified atom stereocenters. The Bertz CT molecular complexity index is 808. The fourth-order valence-corrected chi connectivity index (χ4v) is 3.73. The van der Waals surface area contributed by atoms with Crippen LogP contribution < -0.4 is 10.2 Å². The topological polar surface area (TPSA) is 75.2 Å². The van der Waals surface area contributed by atoms with E-state index in [1.165, 1.54) is 11.3 Å². The minimum atomic E-state index is -0.374. The Morgan fingerprint density at radius 2 is 2.24 bits per heavy atom. The Kier molecular flexibility index (Phi) is 5.34. The summed E-state index contributed by atoms with van der Waals surface area (Å²) in [5.74, 6) is -0.589. The number of aryl methyl sites for hydroxylation is 1. The highest BCUT2D eigenvalue weighted by molar-refractivity contribution is 7.15. The molecule has 1 atom stereocenters. The Hall–Kier alpha value is -1.99. The van der Waals surface area contributed by atoms with Crippen LogP contribution in [-0.2, 0) is 22.6 Å². The first-order valence-corrected chi connectivity index (χ1v) is 9.33. The molecule has 1 saturated heterocycles. The Morgan fingerprint density at radius 3 is 2.96 bits per heavy atom. The van der Waals surface area contributed by atoms with Crippen LogP contribution in [-0.4, -0.2) is 28.6 Å². The standard InChI is InChI=1S/C17H19ClN4O2S/c1-3-14-20-21-17(25-14)22-9-12(7-15(22)23)16(24)19-8-11-5-4-6-13(18)10(11)2/h4-6,12H,3,7-9H2,1-2H3,(H,19,24). The highest BCUT2D eigenvalue weighted by Gasteiger charge is 2.36. The van der Waals surface area contributed by atoms with Gasteiger partial charge in [-0.25, -0.2) is 0 Å². The van der Waals surface area contributed by atoms with Crippen molar-refractivity contribution in [3.63, 3.8) is 0 Å². The molecule has 1 aromatic heterocycles. The Morgan fingerprint density at radius 1 is 1.44 bits per heavy atom. The van der Waals surface area contributed by atoms with Crippen LogP contribution in [0.2, 0.25) is 5.02 Å². The third-order valence-corrected chi connectivity index (χ3v) is 5.82. The largest absolute Gasteiger partial charge is 0.352 e. The predicted octanol–water partition coefficient (Wildman–Crippen LogP) is 2.73. The second-order valence-electron chi connectivity index (χ2n) is 5.98. The molecule has 1 N–H and O–H groups in total. The van der Waals surface area contributed by atoms with E-state index in [1.807, 2.05) is 32.0 Å². The zero-order chi connectivity index (χ0) is 18.0. The van der Waals surface area contributed by atoms with Gasteiger partial charge in [-0.05, 0) is 30.5 Å². The van der Waals surface area contributed by atoms with Crippen molar-refractivity contribution in [3.05, 3.63) is 39.4 Å². The summed E-state index contributed by atoms with van der Waals surface area (Å²) in [5, 5.41) is 13.1. The predicted molar refractivity (Wildman–Crippen MR) is 97.8 cm³/mol. The van der Waals surface area contributed by atoms with E-state index < -0.39 is 0 Å². The highest BCUT2D eigenvalue weighted by atomic mass is 35.5. The number of hydrogen-bond acceptors (Lipinski definition) is 5. The Labute approximate surface area is 155 Å². The summed E-state index contributed by atoms with van der Waals surface area (Å²) in [7, 11) is 0. The second kappa shape index (κ2) is 7.49. The molecular formula is C17H19ClN4O2S. The summed E-state index contributed by atoms with van der Waals surface area (Å²) in [4.78, 5) is 26.2. The number of benzene rings is 1. The molecule has 6 nitrogen and oxygen atoms in total. The van der Waals surface area contributed by atoms with Gasteiger partial charge in [0.25, 0.3) is 0 Å². The molecule has 8 heteroatoms. The van der Waals surface area contributed by atoms with Gasteiger partial charge in [0.15, 0.2) is 0 Å². The van der Waals surface area contributed by atoms with Crippen LogP contribution in [0.5, 0.6) is 0 Å². The molecule has 2 heterocycles. The minimum absolute atomic E-state index is 0.0853. The van der Waals surface area contributed by atoms with Gasteiger partial charge >= 0.3 is 0 Å². The van der Waals surface area contributed by atoms with Crippen LogP contribution >= 0.6 is 22.9 Å². The number of amides is 2. The average molecular weight is 379 g/mol. The first-order chi connectivity index (χ1) is 12.0. The molecule has 25 heavy (non-hydrogen) atoms. The van der Waals surface area contributed by atoms with Gasteiger partial charge in [-0.2, -0.15) is 0 Å². The molecule has 2 aromatic rings. The van der Waals surface area contributed by atoms with Crippen LogP contribution in [0.1, 0.15) is 29.5 Å². The molecule has 132 valence electrons. The van der Waals surface area contributed by atoms with Crippen molar-refractivity contribution < 1.29 is 9.59 Å². The van der Waals surface area contributed by atoms with Gasteiger partial charge in [0.2, 0.25) is 16.9 Å². The van der Waals surface area contributed by atoms with Crippen molar-refractivity contribution in [3.8, 4) is 0 Å². The quantitative estimate of drug-likeness (QED) is 0.868. The van der Waals surface area contributed by atoms with Gasteiger partial charge in [-0.3, -0.25) is 14.5 Å².